The van der Waals surface area contributed by atoms with Crippen molar-refractivity contribution >= 4 is 35.0 Å². The topological polar surface area (TPSA) is 72.2 Å². The van der Waals surface area contributed by atoms with Crippen LogP contribution in [0.4, 0.5) is 5.69 Å². The molecular formula is C15H13ClN2O3S. The van der Waals surface area contributed by atoms with Gasteiger partial charge in [-0.1, -0.05) is 17.7 Å². The molecular weight excluding hydrogens is 324 g/mol. The maximum Gasteiger partial charge on any atom is 0.270 e. The van der Waals surface area contributed by atoms with Crippen LogP contribution in [-0.2, 0) is 0 Å². The normalized spacial score (nSPS) is 10.2. The highest BCUT2D eigenvalue weighted by atomic mass is 35.5. The molecule has 2 aromatic rings. The lowest BCUT2D eigenvalue weighted by atomic mass is 10.2. The molecule has 2 aromatic carbocycles. The SMILES string of the molecule is O=C(NCCSc1ccc(Cl)cc1)c1cccc([N+](=O)[O-])c1. The number of rotatable bonds is 6. The summed E-state index contributed by atoms with van der Waals surface area (Å²) in [4.78, 5) is 23.1. The molecule has 0 fully saturated rings. The summed E-state index contributed by atoms with van der Waals surface area (Å²) in [5, 5.41) is 14.1. The van der Waals surface area contributed by atoms with Crippen LogP contribution in [0.15, 0.2) is 53.4 Å². The van der Waals surface area contributed by atoms with E-state index < -0.39 is 4.92 Å². The Labute approximate surface area is 136 Å². The molecule has 0 bridgehead atoms. The van der Waals surface area contributed by atoms with Crippen LogP contribution in [0.5, 0.6) is 0 Å². The summed E-state index contributed by atoms with van der Waals surface area (Å²) in [6.07, 6.45) is 0. The number of thioether (sulfide) groups is 1. The van der Waals surface area contributed by atoms with Crippen molar-refractivity contribution in [2.45, 2.75) is 4.90 Å². The van der Waals surface area contributed by atoms with Gasteiger partial charge in [-0.05, 0) is 30.3 Å². The third kappa shape index (κ3) is 4.75. The molecule has 0 saturated carbocycles. The first-order valence-electron chi connectivity index (χ1n) is 6.47. The molecule has 0 unspecified atom stereocenters. The number of hydrogen-bond acceptors (Lipinski definition) is 4. The van der Waals surface area contributed by atoms with Gasteiger partial charge in [-0.2, -0.15) is 0 Å². The second kappa shape index (κ2) is 7.82. The average Bonchev–Trinajstić information content (AvgIpc) is 2.53. The Balaban J connectivity index is 1.81. The second-order valence-electron chi connectivity index (χ2n) is 4.37. The number of nitrogens with one attached hydrogen (secondary N) is 1. The molecule has 5 nitrogen and oxygen atoms in total. The van der Waals surface area contributed by atoms with Crippen molar-refractivity contribution in [1.82, 2.24) is 5.32 Å². The Hall–Kier alpha value is -2.05. The smallest absolute Gasteiger partial charge is 0.270 e. The maximum atomic E-state index is 11.9. The van der Waals surface area contributed by atoms with Crippen molar-refractivity contribution in [1.29, 1.82) is 0 Å². The minimum Gasteiger partial charge on any atom is -0.351 e. The van der Waals surface area contributed by atoms with Crippen LogP contribution in [0.2, 0.25) is 5.02 Å². The quantitative estimate of drug-likeness (QED) is 0.377. The van der Waals surface area contributed by atoms with Crippen LogP contribution in [0.25, 0.3) is 0 Å². The molecule has 0 aromatic heterocycles. The van der Waals surface area contributed by atoms with Crippen LogP contribution in [0.3, 0.4) is 0 Å². The first kappa shape index (κ1) is 16.3. The molecule has 0 aliphatic rings. The summed E-state index contributed by atoms with van der Waals surface area (Å²) in [6, 6.07) is 13.1. The number of carbonyl (C=O) groups excluding carboxylic acids is 1. The lowest BCUT2D eigenvalue weighted by Gasteiger charge is -2.05. The number of nitro benzene ring substituents is 1. The predicted octanol–water partition coefficient (Wildman–Crippen LogP) is 3.77. The van der Waals surface area contributed by atoms with E-state index in [2.05, 4.69) is 5.32 Å². The van der Waals surface area contributed by atoms with Crippen molar-refractivity contribution in [2.24, 2.45) is 0 Å². The summed E-state index contributed by atoms with van der Waals surface area (Å²) in [6.45, 7) is 0.467. The zero-order chi connectivity index (χ0) is 15.9. The third-order valence-corrected chi connectivity index (χ3v) is 4.05. The minimum atomic E-state index is -0.521. The van der Waals surface area contributed by atoms with Gasteiger partial charge in [-0.25, -0.2) is 0 Å². The number of nitrogens with zero attached hydrogens (tertiary/aromatic N) is 1. The fourth-order valence-corrected chi connectivity index (χ4v) is 2.62. The van der Waals surface area contributed by atoms with Gasteiger partial charge in [-0.3, -0.25) is 14.9 Å². The first-order chi connectivity index (χ1) is 10.6. The molecule has 22 heavy (non-hydrogen) atoms. The number of benzene rings is 2. The maximum absolute atomic E-state index is 11.9. The van der Waals surface area contributed by atoms with Crippen LogP contribution in [0.1, 0.15) is 10.4 Å². The van der Waals surface area contributed by atoms with E-state index in [1.165, 1.54) is 18.2 Å². The van der Waals surface area contributed by atoms with E-state index in [4.69, 9.17) is 11.6 Å². The lowest BCUT2D eigenvalue weighted by Crippen LogP contribution is -2.25. The van der Waals surface area contributed by atoms with E-state index in [9.17, 15) is 14.9 Å². The summed E-state index contributed by atoms with van der Waals surface area (Å²) in [5.74, 6) is 0.378. The number of carbonyl (C=O) groups is 1. The highest BCUT2D eigenvalue weighted by molar-refractivity contribution is 7.99. The zero-order valence-corrected chi connectivity index (χ0v) is 13.1. The Morgan fingerprint density at radius 3 is 2.64 bits per heavy atom. The molecule has 0 aliphatic heterocycles. The fourth-order valence-electron chi connectivity index (χ4n) is 1.73. The van der Waals surface area contributed by atoms with Crippen LogP contribution in [0, 0.1) is 10.1 Å². The first-order valence-corrected chi connectivity index (χ1v) is 7.83. The second-order valence-corrected chi connectivity index (χ2v) is 5.97. The summed E-state index contributed by atoms with van der Waals surface area (Å²) >= 11 is 7.40. The molecule has 0 radical (unpaired) electrons. The Morgan fingerprint density at radius 1 is 1.23 bits per heavy atom. The highest BCUT2D eigenvalue weighted by Crippen LogP contribution is 2.19. The third-order valence-electron chi connectivity index (χ3n) is 2.79. The van der Waals surface area contributed by atoms with Gasteiger partial charge < -0.3 is 5.32 Å². The van der Waals surface area contributed by atoms with Gasteiger partial charge >= 0.3 is 0 Å². The molecule has 114 valence electrons. The van der Waals surface area contributed by atoms with E-state index in [-0.39, 0.29) is 17.2 Å². The predicted molar refractivity (Wildman–Crippen MR) is 87.6 cm³/mol. The standard InChI is InChI=1S/C15H13ClN2O3S/c16-12-4-6-14(7-5-12)22-9-8-17-15(19)11-2-1-3-13(10-11)18(20)21/h1-7,10H,8-9H2,(H,17,19). The van der Waals surface area contributed by atoms with Gasteiger partial charge in [0.25, 0.3) is 11.6 Å². The Bertz CT molecular complexity index is 677. The summed E-state index contributed by atoms with van der Waals surface area (Å²) in [7, 11) is 0. The molecule has 1 amide bonds. The zero-order valence-electron chi connectivity index (χ0n) is 11.5. The van der Waals surface area contributed by atoms with Crippen LogP contribution < -0.4 is 5.32 Å². The number of nitro groups is 1. The molecule has 1 N–H and O–H groups in total. The van der Waals surface area contributed by atoms with E-state index in [1.807, 2.05) is 24.3 Å². The molecule has 2 rings (SSSR count). The summed E-state index contributed by atoms with van der Waals surface area (Å²) < 4.78 is 0. The molecule has 0 aliphatic carbocycles. The minimum absolute atomic E-state index is 0.0943. The van der Waals surface area contributed by atoms with E-state index in [1.54, 1.807) is 17.8 Å². The van der Waals surface area contributed by atoms with Crippen molar-refractivity contribution in [3.05, 3.63) is 69.2 Å². The largest absolute Gasteiger partial charge is 0.351 e. The average molecular weight is 337 g/mol. The Morgan fingerprint density at radius 2 is 1.95 bits per heavy atom. The number of hydrogen-bond donors (Lipinski definition) is 1. The number of amides is 1. The van der Waals surface area contributed by atoms with Crippen LogP contribution in [-0.4, -0.2) is 23.1 Å². The van der Waals surface area contributed by atoms with Gasteiger partial charge in [0.05, 0.1) is 4.92 Å². The van der Waals surface area contributed by atoms with E-state index in [0.29, 0.717) is 17.3 Å². The van der Waals surface area contributed by atoms with Gasteiger partial charge in [0.15, 0.2) is 0 Å². The summed E-state index contributed by atoms with van der Waals surface area (Å²) in [5.41, 5.74) is 0.189. The van der Waals surface area contributed by atoms with Crippen LogP contribution >= 0.6 is 23.4 Å². The lowest BCUT2D eigenvalue weighted by molar-refractivity contribution is -0.384. The fraction of sp³-hybridized carbons (Fsp3) is 0.133. The van der Waals surface area contributed by atoms with Crippen molar-refractivity contribution in [2.75, 3.05) is 12.3 Å². The molecule has 0 atom stereocenters. The molecule has 0 heterocycles. The van der Waals surface area contributed by atoms with Gasteiger partial charge in [-0.15, -0.1) is 11.8 Å². The Kier molecular flexibility index (Phi) is 5.80. The van der Waals surface area contributed by atoms with E-state index >= 15 is 0 Å². The number of halogens is 1. The number of non-ortho nitro benzene ring substituents is 1. The van der Waals surface area contributed by atoms with Crippen molar-refractivity contribution in [3.63, 3.8) is 0 Å². The monoisotopic (exact) mass is 336 g/mol. The van der Waals surface area contributed by atoms with Crippen molar-refractivity contribution < 1.29 is 9.72 Å². The molecule has 7 heteroatoms. The van der Waals surface area contributed by atoms with Gasteiger partial charge in [0.1, 0.15) is 0 Å². The molecule has 0 saturated heterocycles. The van der Waals surface area contributed by atoms with Gasteiger partial charge in [0.2, 0.25) is 0 Å². The molecule has 0 spiro atoms. The van der Waals surface area contributed by atoms with Gasteiger partial charge in [0, 0.05) is 39.9 Å². The van der Waals surface area contributed by atoms with E-state index in [0.717, 1.165) is 4.90 Å². The van der Waals surface area contributed by atoms with Crippen molar-refractivity contribution in [3.8, 4) is 0 Å². The highest BCUT2D eigenvalue weighted by Gasteiger charge is 2.10.